The maximum absolute atomic E-state index is 12.2. The van der Waals surface area contributed by atoms with E-state index in [4.69, 9.17) is 0 Å². The van der Waals surface area contributed by atoms with Gasteiger partial charge in [0.1, 0.15) is 0 Å². The second-order valence-electron chi connectivity index (χ2n) is 6.32. The molecule has 1 amide bonds. The minimum absolute atomic E-state index is 0. The Morgan fingerprint density at radius 3 is 2.54 bits per heavy atom. The summed E-state index contributed by atoms with van der Waals surface area (Å²) in [6.07, 6.45) is 3.56. The lowest BCUT2D eigenvalue weighted by atomic mass is 10.1. The monoisotopic (exact) mass is 475 g/mol. The minimum Gasteiger partial charge on any atom is -0.356 e. The first-order valence-corrected chi connectivity index (χ1v) is 9.03. The summed E-state index contributed by atoms with van der Waals surface area (Å²) in [7, 11) is 5.74. The van der Waals surface area contributed by atoms with Gasteiger partial charge >= 0.3 is 0 Å². The Morgan fingerprint density at radius 1 is 1.12 bits per heavy atom. The summed E-state index contributed by atoms with van der Waals surface area (Å²) in [6.45, 7) is 5.21. The molecule has 0 aliphatic heterocycles. The van der Waals surface area contributed by atoms with E-state index in [1.54, 1.807) is 7.05 Å². The third kappa shape index (κ3) is 10.6. The largest absolute Gasteiger partial charge is 0.356 e. The number of carbonyl (C=O) groups is 1. The molecule has 0 aliphatic rings. The van der Waals surface area contributed by atoms with Gasteiger partial charge in [-0.25, -0.2) is 0 Å². The Bertz CT molecular complexity index is 548. The predicted molar refractivity (Wildman–Crippen MR) is 120 cm³/mol. The number of nitrogens with one attached hydrogen (secondary N) is 3. The summed E-state index contributed by atoms with van der Waals surface area (Å²) in [5.74, 6) is 0.753. The van der Waals surface area contributed by atoms with Crippen LogP contribution in [0.5, 0.6) is 0 Å². The molecule has 0 radical (unpaired) electrons. The Hall–Kier alpha value is -1.35. The van der Waals surface area contributed by atoms with Gasteiger partial charge in [-0.2, -0.15) is 0 Å². The van der Waals surface area contributed by atoms with E-state index in [0.717, 1.165) is 31.0 Å². The molecular weight excluding hydrogens is 441 g/mol. The fourth-order valence-corrected chi connectivity index (χ4v) is 2.31. The van der Waals surface area contributed by atoms with E-state index in [9.17, 15) is 4.79 Å². The van der Waals surface area contributed by atoms with Gasteiger partial charge in [0, 0.05) is 38.8 Å². The van der Waals surface area contributed by atoms with Crippen LogP contribution < -0.4 is 16.0 Å². The van der Waals surface area contributed by atoms with Crippen LogP contribution in [0, 0.1) is 0 Å². The van der Waals surface area contributed by atoms with Crippen LogP contribution in [-0.4, -0.2) is 57.5 Å². The molecule has 1 aromatic rings. The molecule has 0 atom stereocenters. The van der Waals surface area contributed by atoms with Crippen LogP contribution in [0.1, 0.15) is 42.1 Å². The van der Waals surface area contributed by atoms with Crippen LogP contribution in [-0.2, 0) is 6.54 Å². The van der Waals surface area contributed by atoms with Gasteiger partial charge < -0.3 is 20.9 Å². The number of aliphatic imine (C=N–C) groups is 1. The van der Waals surface area contributed by atoms with Crippen molar-refractivity contribution in [1.82, 2.24) is 20.9 Å². The molecule has 0 aliphatic carbocycles. The molecule has 26 heavy (non-hydrogen) atoms. The molecule has 148 valence electrons. The highest BCUT2D eigenvalue weighted by atomic mass is 127. The molecule has 0 unspecified atom stereocenters. The number of likely N-dealkylation sites (N-methyl/N-ethyl adjacent to an activating group) is 1. The van der Waals surface area contributed by atoms with E-state index in [0.29, 0.717) is 18.7 Å². The first-order chi connectivity index (χ1) is 12.1. The van der Waals surface area contributed by atoms with Gasteiger partial charge in [0.2, 0.25) is 0 Å². The SMILES string of the molecule is CCCCCNC(=NC)NCc1cccc(C(=O)NCCN(C)C)c1.I. The van der Waals surface area contributed by atoms with Crippen LogP contribution in [0.2, 0.25) is 0 Å². The Balaban J connectivity index is 0.00000625. The van der Waals surface area contributed by atoms with Crippen LogP contribution in [0.25, 0.3) is 0 Å². The first kappa shape index (κ1) is 24.7. The predicted octanol–water partition coefficient (Wildman–Crippen LogP) is 2.45. The number of guanidine groups is 1. The molecular formula is C19H34IN5O. The number of rotatable bonds is 10. The van der Waals surface area contributed by atoms with Crippen LogP contribution in [0.15, 0.2) is 29.3 Å². The molecule has 3 N–H and O–H groups in total. The molecule has 6 nitrogen and oxygen atoms in total. The molecule has 0 heterocycles. The summed E-state index contributed by atoms with van der Waals surface area (Å²) in [6, 6.07) is 7.68. The zero-order chi connectivity index (χ0) is 18.5. The van der Waals surface area contributed by atoms with E-state index in [1.165, 1.54) is 12.8 Å². The average Bonchev–Trinajstić information content (AvgIpc) is 2.61. The lowest BCUT2D eigenvalue weighted by Gasteiger charge is -2.13. The van der Waals surface area contributed by atoms with Gasteiger partial charge in [-0.05, 0) is 38.2 Å². The van der Waals surface area contributed by atoms with E-state index in [2.05, 4.69) is 27.9 Å². The normalized spacial score (nSPS) is 11.0. The third-order valence-electron chi connectivity index (χ3n) is 3.79. The first-order valence-electron chi connectivity index (χ1n) is 9.03. The summed E-state index contributed by atoms with van der Waals surface area (Å²) >= 11 is 0. The minimum atomic E-state index is -0.0363. The number of hydrogen-bond donors (Lipinski definition) is 3. The van der Waals surface area contributed by atoms with Crippen molar-refractivity contribution in [3.8, 4) is 0 Å². The number of carbonyl (C=O) groups excluding carboxylic acids is 1. The number of hydrogen-bond acceptors (Lipinski definition) is 3. The highest BCUT2D eigenvalue weighted by Gasteiger charge is 2.06. The van der Waals surface area contributed by atoms with Crippen molar-refractivity contribution in [3.05, 3.63) is 35.4 Å². The molecule has 1 rings (SSSR count). The van der Waals surface area contributed by atoms with E-state index >= 15 is 0 Å². The van der Waals surface area contributed by atoms with E-state index in [-0.39, 0.29) is 29.9 Å². The number of benzene rings is 1. The van der Waals surface area contributed by atoms with Crippen molar-refractivity contribution in [2.45, 2.75) is 32.7 Å². The molecule has 1 aromatic carbocycles. The molecule has 0 fully saturated rings. The summed E-state index contributed by atoms with van der Waals surface area (Å²) < 4.78 is 0. The molecule has 0 aromatic heterocycles. The van der Waals surface area contributed by atoms with E-state index in [1.807, 2.05) is 43.3 Å². The number of amides is 1. The smallest absolute Gasteiger partial charge is 0.251 e. The fourth-order valence-electron chi connectivity index (χ4n) is 2.31. The van der Waals surface area contributed by atoms with Crippen molar-refractivity contribution in [1.29, 1.82) is 0 Å². The maximum Gasteiger partial charge on any atom is 0.251 e. The Morgan fingerprint density at radius 2 is 1.88 bits per heavy atom. The number of unbranched alkanes of at least 4 members (excludes halogenated alkanes) is 2. The van der Waals surface area contributed by atoms with Gasteiger partial charge in [0.15, 0.2) is 5.96 Å². The van der Waals surface area contributed by atoms with Gasteiger partial charge in [-0.3, -0.25) is 9.79 Å². The fraction of sp³-hybridized carbons (Fsp3) is 0.579. The number of halogens is 1. The quantitative estimate of drug-likeness (QED) is 0.211. The topological polar surface area (TPSA) is 68.8 Å². The molecule has 0 saturated carbocycles. The lowest BCUT2D eigenvalue weighted by Crippen LogP contribution is -2.37. The zero-order valence-corrected chi connectivity index (χ0v) is 18.8. The van der Waals surface area contributed by atoms with Gasteiger partial charge in [0.25, 0.3) is 5.91 Å². The summed E-state index contributed by atoms with van der Waals surface area (Å²) in [4.78, 5) is 18.5. The molecule has 7 heteroatoms. The van der Waals surface area contributed by atoms with Crippen molar-refractivity contribution in [2.24, 2.45) is 4.99 Å². The highest BCUT2D eigenvalue weighted by Crippen LogP contribution is 2.05. The maximum atomic E-state index is 12.2. The molecule has 0 bridgehead atoms. The van der Waals surface area contributed by atoms with Gasteiger partial charge in [0.05, 0.1) is 0 Å². The summed E-state index contributed by atoms with van der Waals surface area (Å²) in [5, 5.41) is 9.53. The van der Waals surface area contributed by atoms with Crippen LogP contribution in [0.3, 0.4) is 0 Å². The third-order valence-corrected chi connectivity index (χ3v) is 3.79. The lowest BCUT2D eigenvalue weighted by molar-refractivity contribution is 0.0951. The Kier molecular flexibility index (Phi) is 14.0. The summed E-state index contributed by atoms with van der Waals surface area (Å²) in [5.41, 5.74) is 1.74. The Labute approximate surface area is 175 Å². The number of nitrogens with zero attached hydrogens (tertiary/aromatic N) is 2. The van der Waals surface area contributed by atoms with Crippen molar-refractivity contribution >= 4 is 35.8 Å². The van der Waals surface area contributed by atoms with Crippen LogP contribution >= 0.6 is 24.0 Å². The zero-order valence-electron chi connectivity index (χ0n) is 16.5. The van der Waals surface area contributed by atoms with Gasteiger partial charge in [-0.15, -0.1) is 24.0 Å². The van der Waals surface area contributed by atoms with Crippen LogP contribution in [0.4, 0.5) is 0 Å². The molecule has 0 spiro atoms. The average molecular weight is 475 g/mol. The second-order valence-corrected chi connectivity index (χ2v) is 6.32. The standard InChI is InChI=1S/C19H33N5O.HI/c1-5-6-7-11-22-19(20-2)23-15-16-9-8-10-17(14-16)18(25)21-12-13-24(3)4;/h8-10,14H,5-7,11-13,15H2,1-4H3,(H,21,25)(H2,20,22,23);1H. The van der Waals surface area contributed by atoms with E-state index < -0.39 is 0 Å². The van der Waals surface area contributed by atoms with Crippen molar-refractivity contribution in [3.63, 3.8) is 0 Å². The van der Waals surface area contributed by atoms with Gasteiger partial charge in [-0.1, -0.05) is 31.9 Å². The van der Waals surface area contributed by atoms with Crippen molar-refractivity contribution < 1.29 is 4.79 Å². The second kappa shape index (κ2) is 14.8. The highest BCUT2D eigenvalue weighted by molar-refractivity contribution is 14.0. The van der Waals surface area contributed by atoms with Crippen molar-refractivity contribution in [2.75, 3.05) is 40.8 Å². The molecule has 0 saturated heterocycles.